The fraction of sp³-hybridized carbons (Fsp3) is 0.484. The highest BCUT2D eigenvalue weighted by atomic mass is 16.7. The monoisotopic (exact) mass is 600 g/mol. The standard InChI is InChI=1S/C31H36O12/c1-5-6-7-8-9-10-11-12-26(36)41-29-21-17-23(33)30(4,43-20(3)32)28(38)22(21)18-39-31(29)24(14-13-19(2)42-31)40-27(37)16-15-25(34)35/h7-12,17-19,24,29H,5-6,13-16H2,1-4H3,(H,34,35)/b8-7+,10-9+,12-11+/t19-,24+,29+,30-,31+/m0/s1. The van der Waals surface area contributed by atoms with Crippen LogP contribution in [0.1, 0.15) is 66.2 Å². The molecule has 1 fully saturated rings. The lowest BCUT2D eigenvalue weighted by Gasteiger charge is -2.50. The molecular formula is C31H36O12. The van der Waals surface area contributed by atoms with E-state index in [1.54, 1.807) is 19.1 Å². The van der Waals surface area contributed by atoms with Crippen molar-refractivity contribution in [2.75, 3.05) is 0 Å². The van der Waals surface area contributed by atoms with E-state index in [0.717, 1.165) is 45.1 Å². The Morgan fingerprint density at radius 2 is 1.79 bits per heavy atom. The molecule has 0 amide bonds. The first-order valence-corrected chi connectivity index (χ1v) is 14.0. The fourth-order valence-corrected chi connectivity index (χ4v) is 4.85. The van der Waals surface area contributed by atoms with Crippen LogP contribution >= 0.6 is 0 Å². The lowest BCUT2D eigenvalue weighted by atomic mass is 9.75. The second kappa shape index (κ2) is 14.2. The van der Waals surface area contributed by atoms with E-state index in [0.29, 0.717) is 6.42 Å². The Bertz CT molecular complexity index is 1300. The molecule has 2 aliphatic heterocycles. The van der Waals surface area contributed by atoms with Crippen LogP contribution in [-0.2, 0) is 52.5 Å². The molecule has 1 saturated heterocycles. The van der Waals surface area contributed by atoms with Gasteiger partial charge in [-0.2, -0.15) is 0 Å². The van der Waals surface area contributed by atoms with Gasteiger partial charge in [0.1, 0.15) is 0 Å². The molecule has 12 nitrogen and oxygen atoms in total. The molecule has 232 valence electrons. The van der Waals surface area contributed by atoms with E-state index in [-0.39, 0.29) is 17.6 Å². The molecule has 3 rings (SSSR count). The first kappa shape index (κ1) is 33.2. The summed E-state index contributed by atoms with van der Waals surface area (Å²) in [4.78, 5) is 75.0. The first-order chi connectivity index (χ1) is 20.3. The minimum absolute atomic E-state index is 0.0913. The quantitative estimate of drug-likeness (QED) is 0.121. The number of allylic oxidation sites excluding steroid dienone is 5. The molecule has 5 atom stereocenters. The largest absolute Gasteiger partial charge is 0.481 e. The van der Waals surface area contributed by atoms with E-state index in [4.69, 9.17) is 28.8 Å². The van der Waals surface area contributed by atoms with Crippen molar-refractivity contribution in [3.8, 4) is 0 Å². The molecule has 2 heterocycles. The zero-order chi connectivity index (χ0) is 31.8. The normalized spacial score (nSPS) is 28.8. The van der Waals surface area contributed by atoms with Crippen molar-refractivity contribution >= 4 is 35.4 Å². The van der Waals surface area contributed by atoms with Crippen LogP contribution in [0.5, 0.6) is 0 Å². The number of ketones is 2. The second-order valence-corrected chi connectivity index (χ2v) is 10.4. The molecule has 0 unspecified atom stereocenters. The maximum absolute atomic E-state index is 13.5. The summed E-state index contributed by atoms with van der Waals surface area (Å²) >= 11 is 0. The Labute approximate surface area is 249 Å². The molecule has 0 radical (unpaired) electrons. The average Bonchev–Trinajstić information content (AvgIpc) is 2.93. The SMILES string of the molecule is CCC/C=C/C=C/C=C/C(=O)O[C@@H]1C2=CC(=O)[C@](C)(OC(C)=O)C(=O)C2=CO[C@]12O[C@@H](C)CC[C@H]2OC(=O)CCC(=O)O. The molecule has 1 N–H and O–H groups in total. The number of carboxylic acids is 1. The third-order valence-corrected chi connectivity index (χ3v) is 6.98. The average molecular weight is 601 g/mol. The number of unbranched alkanes of at least 4 members (excludes halogenated alkanes) is 1. The molecule has 1 spiro atoms. The van der Waals surface area contributed by atoms with Gasteiger partial charge in [0.15, 0.2) is 12.2 Å². The number of esters is 3. The van der Waals surface area contributed by atoms with Gasteiger partial charge < -0.3 is 28.8 Å². The Morgan fingerprint density at radius 3 is 2.47 bits per heavy atom. The summed E-state index contributed by atoms with van der Waals surface area (Å²) in [5, 5.41) is 8.96. The van der Waals surface area contributed by atoms with Crippen LogP contribution in [0.4, 0.5) is 0 Å². The van der Waals surface area contributed by atoms with Gasteiger partial charge in [-0.15, -0.1) is 0 Å². The van der Waals surface area contributed by atoms with Crippen LogP contribution < -0.4 is 0 Å². The first-order valence-electron chi connectivity index (χ1n) is 14.0. The van der Waals surface area contributed by atoms with E-state index >= 15 is 0 Å². The van der Waals surface area contributed by atoms with Crippen LogP contribution in [0.3, 0.4) is 0 Å². The van der Waals surface area contributed by atoms with Crippen LogP contribution in [-0.4, -0.2) is 70.3 Å². The maximum Gasteiger partial charge on any atom is 0.331 e. The number of carboxylic acid groups (broad SMARTS) is 1. The number of carbonyl (C=O) groups excluding carboxylic acids is 5. The number of Topliss-reactive ketones (excluding diaryl/α,β-unsaturated/α-hetero) is 1. The Balaban J connectivity index is 2.03. The van der Waals surface area contributed by atoms with Gasteiger partial charge in [-0.3, -0.25) is 24.0 Å². The summed E-state index contributed by atoms with van der Waals surface area (Å²) in [6.07, 6.45) is 9.93. The highest BCUT2D eigenvalue weighted by molar-refractivity contribution is 6.26. The topological polar surface area (TPSA) is 169 Å². The van der Waals surface area contributed by atoms with Crippen molar-refractivity contribution in [3.63, 3.8) is 0 Å². The Hall–Kier alpha value is -4.32. The Kier molecular flexibility index (Phi) is 11.0. The molecule has 0 aromatic carbocycles. The predicted octanol–water partition coefficient (Wildman–Crippen LogP) is 3.35. The van der Waals surface area contributed by atoms with Gasteiger partial charge in [-0.1, -0.05) is 43.7 Å². The number of ether oxygens (including phenoxy) is 5. The third kappa shape index (κ3) is 7.75. The number of carbonyl (C=O) groups is 6. The molecule has 43 heavy (non-hydrogen) atoms. The lowest BCUT2D eigenvalue weighted by Crippen LogP contribution is -2.65. The number of hydrogen-bond donors (Lipinski definition) is 1. The van der Waals surface area contributed by atoms with E-state index < -0.39 is 78.0 Å². The summed E-state index contributed by atoms with van der Waals surface area (Å²) < 4.78 is 28.6. The van der Waals surface area contributed by atoms with E-state index in [1.807, 2.05) is 19.1 Å². The predicted molar refractivity (Wildman–Crippen MR) is 149 cm³/mol. The van der Waals surface area contributed by atoms with E-state index in [9.17, 15) is 28.8 Å². The van der Waals surface area contributed by atoms with Crippen LogP contribution in [0, 0.1) is 0 Å². The highest BCUT2D eigenvalue weighted by Crippen LogP contribution is 2.46. The minimum Gasteiger partial charge on any atom is -0.481 e. The van der Waals surface area contributed by atoms with Gasteiger partial charge in [0.05, 0.1) is 30.8 Å². The highest BCUT2D eigenvalue weighted by Gasteiger charge is 2.63. The number of fused-ring (bicyclic) bond motifs is 1. The van der Waals surface area contributed by atoms with Crippen molar-refractivity contribution < 1.29 is 57.6 Å². The molecular weight excluding hydrogens is 564 g/mol. The molecule has 1 aliphatic carbocycles. The van der Waals surface area contributed by atoms with E-state index in [2.05, 4.69) is 0 Å². The lowest BCUT2D eigenvalue weighted by molar-refractivity contribution is -0.333. The summed E-state index contributed by atoms with van der Waals surface area (Å²) in [5.74, 6) is -7.62. The summed E-state index contributed by atoms with van der Waals surface area (Å²) in [5.41, 5.74) is -2.47. The molecule has 12 heteroatoms. The van der Waals surface area contributed by atoms with Crippen LogP contribution in [0.2, 0.25) is 0 Å². The van der Waals surface area contributed by atoms with Crippen LogP contribution in [0.25, 0.3) is 0 Å². The van der Waals surface area contributed by atoms with Crippen molar-refractivity contribution in [3.05, 3.63) is 59.9 Å². The molecule has 3 aliphatic rings. The van der Waals surface area contributed by atoms with Gasteiger partial charge in [0, 0.05) is 18.6 Å². The third-order valence-electron chi connectivity index (χ3n) is 6.98. The molecule has 0 bridgehead atoms. The summed E-state index contributed by atoms with van der Waals surface area (Å²) in [6.45, 7) is 5.96. The molecule has 0 aromatic rings. The van der Waals surface area contributed by atoms with Crippen molar-refractivity contribution in [2.45, 2.75) is 95.9 Å². The Morgan fingerprint density at radius 1 is 1.07 bits per heavy atom. The smallest absolute Gasteiger partial charge is 0.331 e. The molecule has 0 aromatic heterocycles. The van der Waals surface area contributed by atoms with Crippen LogP contribution in [0.15, 0.2) is 59.9 Å². The van der Waals surface area contributed by atoms with Crippen molar-refractivity contribution in [2.24, 2.45) is 0 Å². The van der Waals surface area contributed by atoms with Gasteiger partial charge in [-0.05, 0) is 39.2 Å². The van der Waals surface area contributed by atoms with Gasteiger partial charge in [0.2, 0.25) is 17.2 Å². The molecule has 0 saturated carbocycles. The zero-order valence-corrected chi connectivity index (χ0v) is 24.5. The van der Waals surface area contributed by atoms with Crippen molar-refractivity contribution in [1.82, 2.24) is 0 Å². The number of rotatable bonds is 11. The zero-order valence-electron chi connectivity index (χ0n) is 24.5. The van der Waals surface area contributed by atoms with Gasteiger partial charge in [-0.25, -0.2) is 4.79 Å². The maximum atomic E-state index is 13.5. The fourth-order valence-electron chi connectivity index (χ4n) is 4.85. The van der Waals surface area contributed by atoms with Gasteiger partial charge in [0.25, 0.3) is 5.79 Å². The second-order valence-electron chi connectivity index (χ2n) is 10.4. The minimum atomic E-state index is -2.18. The number of hydrogen-bond acceptors (Lipinski definition) is 11. The van der Waals surface area contributed by atoms with Gasteiger partial charge >= 0.3 is 23.9 Å². The summed E-state index contributed by atoms with van der Waals surface area (Å²) in [6, 6.07) is 0. The number of aliphatic carboxylic acids is 1. The van der Waals surface area contributed by atoms with E-state index in [1.165, 1.54) is 6.08 Å². The summed E-state index contributed by atoms with van der Waals surface area (Å²) in [7, 11) is 0. The van der Waals surface area contributed by atoms with Crippen molar-refractivity contribution in [1.29, 1.82) is 0 Å².